The van der Waals surface area contributed by atoms with Gasteiger partial charge in [0.25, 0.3) is 0 Å². The standard InChI is InChI=1S/C8H7N.C3H5NO.C3H3NO/c1-2-4-8-7(3-1)5-6-9-8;2*1-2-4-5-3-1/h1-6,9H;2H,1,3H2;1-3H. The van der Waals surface area contributed by atoms with Gasteiger partial charge < -0.3 is 14.3 Å². The van der Waals surface area contributed by atoms with E-state index in [0.717, 1.165) is 13.0 Å². The van der Waals surface area contributed by atoms with E-state index < -0.39 is 0 Å². The van der Waals surface area contributed by atoms with Crippen molar-refractivity contribution in [3.05, 3.63) is 55.1 Å². The molecule has 0 fully saturated rings. The molecule has 0 radical (unpaired) electrons. The minimum absolute atomic E-state index is 0.778. The second-order valence-corrected chi connectivity index (χ2v) is 3.66. The van der Waals surface area contributed by atoms with Crippen molar-refractivity contribution in [3.8, 4) is 0 Å². The lowest BCUT2D eigenvalue weighted by Gasteiger charge is -1.83. The Kier molecular flexibility index (Phi) is 5.23. The summed E-state index contributed by atoms with van der Waals surface area (Å²) in [5, 5.41) is 8.08. The summed E-state index contributed by atoms with van der Waals surface area (Å²) >= 11 is 0. The van der Waals surface area contributed by atoms with Crippen molar-refractivity contribution in [2.75, 3.05) is 6.61 Å². The fraction of sp³-hybridized carbons (Fsp3) is 0.143. The summed E-state index contributed by atoms with van der Waals surface area (Å²) in [5.41, 5.74) is 1.21. The summed E-state index contributed by atoms with van der Waals surface area (Å²) in [5.74, 6) is 0. The van der Waals surface area contributed by atoms with E-state index in [1.54, 1.807) is 18.5 Å². The average Bonchev–Trinajstić information content (AvgIpc) is 3.22. The zero-order valence-corrected chi connectivity index (χ0v) is 10.4. The van der Waals surface area contributed by atoms with Gasteiger partial charge in [0, 0.05) is 24.3 Å². The molecule has 1 N–H and O–H groups in total. The molecule has 98 valence electrons. The Bertz CT molecular complexity index is 534. The van der Waals surface area contributed by atoms with Crippen molar-refractivity contribution >= 4 is 17.1 Å². The Labute approximate surface area is 110 Å². The maximum atomic E-state index is 4.51. The number of fused-ring (bicyclic) bond motifs is 1. The number of nitrogens with one attached hydrogen (secondary N) is 1. The van der Waals surface area contributed by atoms with Crippen LogP contribution in [0, 0.1) is 0 Å². The predicted octanol–water partition coefficient (Wildman–Crippen LogP) is 3.24. The number of nitrogens with zero attached hydrogens (tertiary/aromatic N) is 2. The normalized spacial score (nSPS) is 12.0. The summed E-state index contributed by atoms with van der Waals surface area (Å²) < 4.78 is 4.33. The van der Waals surface area contributed by atoms with Crippen LogP contribution >= 0.6 is 0 Å². The molecule has 2 aromatic heterocycles. The molecule has 0 spiro atoms. The summed E-state index contributed by atoms with van der Waals surface area (Å²) in [4.78, 5) is 7.63. The molecule has 1 aliphatic heterocycles. The van der Waals surface area contributed by atoms with Crippen LogP contribution in [0.15, 0.2) is 64.7 Å². The van der Waals surface area contributed by atoms with Crippen LogP contribution < -0.4 is 0 Å². The largest absolute Gasteiger partial charge is 0.396 e. The monoisotopic (exact) mass is 257 g/mol. The average molecular weight is 257 g/mol. The van der Waals surface area contributed by atoms with E-state index in [-0.39, 0.29) is 0 Å². The molecule has 0 unspecified atom stereocenters. The molecule has 3 heterocycles. The molecule has 0 atom stereocenters. The summed E-state index contributed by atoms with van der Waals surface area (Å²) in [7, 11) is 0. The Hall–Kier alpha value is -2.56. The molecule has 0 aliphatic carbocycles. The van der Waals surface area contributed by atoms with Gasteiger partial charge in [-0.3, -0.25) is 0 Å². The Morgan fingerprint density at radius 1 is 1.11 bits per heavy atom. The predicted molar refractivity (Wildman–Crippen MR) is 73.9 cm³/mol. The minimum Gasteiger partial charge on any atom is -0.396 e. The highest BCUT2D eigenvalue weighted by molar-refractivity contribution is 5.78. The highest BCUT2D eigenvalue weighted by atomic mass is 16.6. The van der Waals surface area contributed by atoms with Gasteiger partial charge in [0.2, 0.25) is 0 Å². The van der Waals surface area contributed by atoms with Crippen LogP contribution in [-0.4, -0.2) is 23.0 Å². The lowest BCUT2D eigenvalue weighted by Crippen LogP contribution is -1.72. The molecule has 0 saturated carbocycles. The minimum atomic E-state index is 0.778. The van der Waals surface area contributed by atoms with Crippen LogP contribution in [0.2, 0.25) is 0 Å². The molecule has 0 amide bonds. The second kappa shape index (κ2) is 7.71. The van der Waals surface area contributed by atoms with Crippen molar-refractivity contribution in [3.63, 3.8) is 0 Å². The maximum absolute atomic E-state index is 4.51. The van der Waals surface area contributed by atoms with Gasteiger partial charge in [-0.2, -0.15) is 0 Å². The fourth-order valence-electron chi connectivity index (χ4n) is 1.43. The summed E-state index contributed by atoms with van der Waals surface area (Å²) in [6.07, 6.45) is 7.80. The first kappa shape index (κ1) is 12.9. The van der Waals surface area contributed by atoms with Gasteiger partial charge in [-0.25, -0.2) is 0 Å². The molecule has 1 aliphatic rings. The van der Waals surface area contributed by atoms with Gasteiger partial charge in [0.05, 0.1) is 6.20 Å². The zero-order valence-electron chi connectivity index (χ0n) is 10.4. The van der Waals surface area contributed by atoms with Gasteiger partial charge in [0.1, 0.15) is 12.9 Å². The maximum Gasteiger partial charge on any atom is 0.123 e. The first-order valence-electron chi connectivity index (χ1n) is 5.97. The van der Waals surface area contributed by atoms with Gasteiger partial charge in [-0.1, -0.05) is 28.5 Å². The number of hydrogen-bond donors (Lipinski definition) is 1. The molecule has 0 bridgehead atoms. The first-order chi connectivity index (χ1) is 9.47. The second-order valence-electron chi connectivity index (χ2n) is 3.66. The number of H-pyrrole nitrogens is 1. The third kappa shape index (κ3) is 4.67. The van der Waals surface area contributed by atoms with Crippen LogP contribution in [0.3, 0.4) is 0 Å². The molecular formula is C14H15N3O2. The van der Waals surface area contributed by atoms with Crippen molar-refractivity contribution in [1.82, 2.24) is 10.1 Å². The topological polar surface area (TPSA) is 63.4 Å². The van der Waals surface area contributed by atoms with E-state index in [9.17, 15) is 0 Å². The summed E-state index contributed by atoms with van der Waals surface area (Å²) in [6, 6.07) is 12.0. The number of oxime groups is 1. The summed E-state index contributed by atoms with van der Waals surface area (Å²) in [6.45, 7) is 0.778. The number of rotatable bonds is 0. The zero-order chi connectivity index (χ0) is 13.2. The molecule has 5 heteroatoms. The van der Waals surface area contributed by atoms with Crippen molar-refractivity contribution in [2.45, 2.75) is 6.42 Å². The van der Waals surface area contributed by atoms with Crippen molar-refractivity contribution in [1.29, 1.82) is 0 Å². The van der Waals surface area contributed by atoms with Crippen molar-refractivity contribution in [2.24, 2.45) is 5.16 Å². The van der Waals surface area contributed by atoms with Gasteiger partial charge >= 0.3 is 0 Å². The Balaban J connectivity index is 0.000000114. The molecule has 3 aromatic rings. The SMILES string of the molecule is C1=NOCC1.c1ccc2[nH]ccc2c1.c1cnoc1. The number of para-hydroxylation sites is 1. The van der Waals surface area contributed by atoms with E-state index >= 15 is 0 Å². The molecule has 1 aromatic carbocycles. The molecule has 19 heavy (non-hydrogen) atoms. The van der Waals surface area contributed by atoms with E-state index in [2.05, 4.69) is 42.9 Å². The smallest absolute Gasteiger partial charge is 0.123 e. The molecular weight excluding hydrogens is 242 g/mol. The quantitative estimate of drug-likeness (QED) is 0.672. The molecule has 5 nitrogen and oxygen atoms in total. The van der Waals surface area contributed by atoms with E-state index in [0.29, 0.717) is 0 Å². The lowest BCUT2D eigenvalue weighted by molar-refractivity contribution is 0.174. The van der Waals surface area contributed by atoms with Crippen LogP contribution in [-0.2, 0) is 4.84 Å². The van der Waals surface area contributed by atoms with E-state index in [1.807, 2.05) is 18.3 Å². The van der Waals surface area contributed by atoms with Crippen LogP contribution in [0.1, 0.15) is 6.42 Å². The first-order valence-corrected chi connectivity index (χ1v) is 5.97. The highest BCUT2D eigenvalue weighted by Gasteiger charge is 1.87. The van der Waals surface area contributed by atoms with Crippen LogP contribution in [0.4, 0.5) is 0 Å². The number of hydrogen-bond acceptors (Lipinski definition) is 4. The van der Waals surface area contributed by atoms with E-state index in [4.69, 9.17) is 0 Å². The lowest BCUT2D eigenvalue weighted by atomic mass is 10.3. The Morgan fingerprint density at radius 2 is 2.05 bits per heavy atom. The highest BCUT2D eigenvalue weighted by Crippen LogP contribution is 2.09. The van der Waals surface area contributed by atoms with Crippen LogP contribution in [0.5, 0.6) is 0 Å². The third-order valence-corrected chi connectivity index (χ3v) is 2.30. The molecule has 0 saturated heterocycles. The number of aromatic amines is 1. The number of benzene rings is 1. The molecule has 4 rings (SSSR count). The van der Waals surface area contributed by atoms with Crippen LogP contribution in [0.25, 0.3) is 10.9 Å². The van der Waals surface area contributed by atoms with E-state index in [1.165, 1.54) is 17.2 Å². The number of aromatic nitrogens is 2. The van der Waals surface area contributed by atoms with Gasteiger partial charge in [0.15, 0.2) is 0 Å². The van der Waals surface area contributed by atoms with Gasteiger partial charge in [-0.05, 0) is 23.6 Å². The third-order valence-electron chi connectivity index (χ3n) is 2.30. The van der Waals surface area contributed by atoms with Gasteiger partial charge in [-0.15, -0.1) is 0 Å². The van der Waals surface area contributed by atoms with Crippen molar-refractivity contribution < 1.29 is 9.36 Å². The Morgan fingerprint density at radius 3 is 2.58 bits per heavy atom. The fourth-order valence-corrected chi connectivity index (χ4v) is 1.43.